The summed E-state index contributed by atoms with van der Waals surface area (Å²) in [6.45, 7) is 5.07. The molecule has 0 atom stereocenters. The second-order valence-corrected chi connectivity index (χ2v) is 3.43. The normalized spacial score (nSPS) is 16.5. The molecule has 2 rings (SSSR count). The quantitative estimate of drug-likeness (QED) is 0.605. The van der Waals surface area contributed by atoms with Crippen LogP contribution in [0.3, 0.4) is 0 Å². The Hall–Kier alpha value is -1.12. The first kappa shape index (κ1) is 8.48. The number of aliphatic imine (C=N–C) groups is 1. The van der Waals surface area contributed by atoms with E-state index in [0.717, 1.165) is 24.5 Å². The fourth-order valence-electron chi connectivity index (χ4n) is 1.89. The molecule has 1 aromatic rings. The first-order chi connectivity index (χ1) is 6.33. The molecule has 0 bridgehead atoms. The molecule has 1 aromatic heterocycles. The van der Waals surface area contributed by atoms with E-state index in [1.807, 2.05) is 20.1 Å². The average molecular weight is 177 g/mol. The molecule has 3 heteroatoms. The van der Waals surface area contributed by atoms with Crippen LogP contribution in [-0.4, -0.2) is 15.8 Å². The Morgan fingerprint density at radius 3 is 3.08 bits per heavy atom. The number of rotatable bonds is 1. The predicted octanol–water partition coefficient (Wildman–Crippen LogP) is 2.25. The summed E-state index contributed by atoms with van der Waals surface area (Å²) in [7, 11) is 0. The molecular weight excluding hydrogens is 162 g/mol. The SMILES string of the molecule is CC=Nc1c(C)nc2n1CCCC2. The molecule has 0 unspecified atom stereocenters. The maximum Gasteiger partial charge on any atom is 0.155 e. The molecule has 0 radical (unpaired) electrons. The van der Waals surface area contributed by atoms with Gasteiger partial charge in [-0.25, -0.2) is 9.98 Å². The van der Waals surface area contributed by atoms with Crippen molar-refractivity contribution in [2.75, 3.05) is 0 Å². The van der Waals surface area contributed by atoms with Crippen LogP contribution in [0.15, 0.2) is 4.99 Å². The number of fused-ring (bicyclic) bond motifs is 1. The van der Waals surface area contributed by atoms with Crippen LogP contribution in [0.5, 0.6) is 0 Å². The summed E-state index contributed by atoms with van der Waals surface area (Å²) >= 11 is 0. The molecule has 1 aliphatic heterocycles. The zero-order valence-corrected chi connectivity index (χ0v) is 8.25. The van der Waals surface area contributed by atoms with E-state index in [9.17, 15) is 0 Å². The zero-order valence-electron chi connectivity index (χ0n) is 8.25. The summed E-state index contributed by atoms with van der Waals surface area (Å²) in [6, 6.07) is 0. The van der Waals surface area contributed by atoms with Gasteiger partial charge in [0.1, 0.15) is 5.82 Å². The van der Waals surface area contributed by atoms with Gasteiger partial charge >= 0.3 is 0 Å². The Kier molecular flexibility index (Phi) is 2.17. The van der Waals surface area contributed by atoms with E-state index in [1.165, 1.54) is 18.7 Å². The molecule has 0 aliphatic carbocycles. The van der Waals surface area contributed by atoms with Crippen molar-refractivity contribution in [3.05, 3.63) is 11.5 Å². The number of aromatic nitrogens is 2. The van der Waals surface area contributed by atoms with E-state index >= 15 is 0 Å². The Morgan fingerprint density at radius 1 is 1.46 bits per heavy atom. The van der Waals surface area contributed by atoms with Gasteiger partial charge in [-0.1, -0.05) is 0 Å². The van der Waals surface area contributed by atoms with Gasteiger partial charge in [0.2, 0.25) is 0 Å². The highest BCUT2D eigenvalue weighted by atomic mass is 15.2. The van der Waals surface area contributed by atoms with Crippen LogP contribution in [0.4, 0.5) is 5.82 Å². The van der Waals surface area contributed by atoms with Gasteiger partial charge in [0, 0.05) is 19.2 Å². The van der Waals surface area contributed by atoms with E-state index in [4.69, 9.17) is 0 Å². The van der Waals surface area contributed by atoms with Crippen molar-refractivity contribution in [1.29, 1.82) is 0 Å². The van der Waals surface area contributed by atoms with Gasteiger partial charge < -0.3 is 4.57 Å². The molecular formula is C10H15N3. The Morgan fingerprint density at radius 2 is 2.31 bits per heavy atom. The van der Waals surface area contributed by atoms with Crippen molar-refractivity contribution in [2.45, 2.75) is 39.7 Å². The van der Waals surface area contributed by atoms with Gasteiger partial charge in [-0.15, -0.1) is 0 Å². The Balaban J connectivity index is 2.48. The largest absolute Gasteiger partial charge is 0.313 e. The molecule has 0 saturated carbocycles. The van der Waals surface area contributed by atoms with Gasteiger partial charge in [0.25, 0.3) is 0 Å². The van der Waals surface area contributed by atoms with Crippen molar-refractivity contribution in [1.82, 2.24) is 9.55 Å². The van der Waals surface area contributed by atoms with Crippen LogP contribution in [0, 0.1) is 6.92 Å². The fourth-order valence-corrected chi connectivity index (χ4v) is 1.89. The van der Waals surface area contributed by atoms with Crippen LogP contribution in [0.25, 0.3) is 0 Å². The van der Waals surface area contributed by atoms with E-state index in [0.29, 0.717) is 0 Å². The molecule has 0 N–H and O–H groups in total. The minimum absolute atomic E-state index is 1.05. The molecule has 1 aliphatic rings. The number of imidazole rings is 1. The van der Waals surface area contributed by atoms with Crippen LogP contribution in [0.1, 0.15) is 31.3 Å². The third kappa shape index (κ3) is 1.39. The number of hydrogen-bond acceptors (Lipinski definition) is 2. The maximum absolute atomic E-state index is 4.52. The molecule has 0 fully saturated rings. The average Bonchev–Trinajstić information content (AvgIpc) is 2.44. The molecule has 0 saturated heterocycles. The Labute approximate surface area is 78.5 Å². The smallest absolute Gasteiger partial charge is 0.155 e. The lowest BCUT2D eigenvalue weighted by Crippen LogP contribution is -2.09. The molecule has 0 amide bonds. The van der Waals surface area contributed by atoms with E-state index in [-0.39, 0.29) is 0 Å². The van der Waals surface area contributed by atoms with Crippen molar-refractivity contribution in [3.8, 4) is 0 Å². The summed E-state index contributed by atoms with van der Waals surface area (Å²) in [5.41, 5.74) is 1.06. The van der Waals surface area contributed by atoms with Crippen molar-refractivity contribution in [3.63, 3.8) is 0 Å². The molecule has 3 nitrogen and oxygen atoms in total. The minimum atomic E-state index is 1.05. The van der Waals surface area contributed by atoms with Crippen molar-refractivity contribution >= 4 is 12.0 Å². The molecule has 13 heavy (non-hydrogen) atoms. The first-order valence-electron chi connectivity index (χ1n) is 4.87. The highest BCUT2D eigenvalue weighted by Gasteiger charge is 2.15. The van der Waals surface area contributed by atoms with Crippen molar-refractivity contribution < 1.29 is 0 Å². The highest BCUT2D eigenvalue weighted by Crippen LogP contribution is 2.25. The zero-order chi connectivity index (χ0) is 9.26. The van der Waals surface area contributed by atoms with E-state index < -0.39 is 0 Å². The summed E-state index contributed by atoms with van der Waals surface area (Å²) in [4.78, 5) is 8.87. The lowest BCUT2D eigenvalue weighted by Gasteiger charge is -2.14. The standard InChI is InChI=1S/C10H15N3/c1-3-11-10-8(2)12-9-6-4-5-7-13(9)10/h3H,4-7H2,1-2H3. The summed E-state index contributed by atoms with van der Waals surface area (Å²) < 4.78 is 2.25. The van der Waals surface area contributed by atoms with Gasteiger partial charge in [-0.2, -0.15) is 0 Å². The third-order valence-corrected chi connectivity index (χ3v) is 2.47. The number of hydrogen-bond donors (Lipinski definition) is 0. The molecule has 0 spiro atoms. The minimum Gasteiger partial charge on any atom is -0.313 e. The summed E-state index contributed by atoms with van der Waals surface area (Å²) in [5.74, 6) is 2.27. The monoisotopic (exact) mass is 177 g/mol. The first-order valence-corrected chi connectivity index (χ1v) is 4.87. The van der Waals surface area contributed by atoms with Gasteiger partial charge in [0.05, 0.1) is 5.69 Å². The predicted molar refractivity (Wildman–Crippen MR) is 53.7 cm³/mol. The lowest BCUT2D eigenvalue weighted by molar-refractivity contribution is 0.525. The van der Waals surface area contributed by atoms with E-state index in [1.54, 1.807) is 0 Å². The third-order valence-electron chi connectivity index (χ3n) is 2.47. The summed E-state index contributed by atoms with van der Waals surface area (Å²) in [5, 5.41) is 0. The van der Waals surface area contributed by atoms with Gasteiger partial charge in [-0.05, 0) is 26.7 Å². The second-order valence-electron chi connectivity index (χ2n) is 3.43. The van der Waals surface area contributed by atoms with Crippen LogP contribution < -0.4 is 0 Å². The van der Waals surface area contributed by atoms with Crippen LogP contribution in [-0.2, 0) is 13.0 Å². The van der Waals surface area contributed by atoms with Gasteiger partial charge in [-0.3, -0.25) is 0 Å². The fraction of sp³-hybridized carbons (Fsp3) is 0.600. The molecule has 0 aromatic carbocycles. The Bertz CT molecular complexity index is 336. The number of aryl methyl sites for hydroxylation is 2. The summed E-state index contributed by atoms with van der Waals surface area (Å²) in [6.07, 6.45) is 5.48. The van der Waals surface area contributed by atoms with E-state index in [2.05, 4.69) is 14.5 Å². The van der Waals surface area contributed by atoms with Crippen LogP contribution >= 0.6 is 0 Å². The van der Waals surface area contributed by atoms with Crippen LogP contribution in [0.2, 0.25) is 0 Å². The second kappa shape index (κ2) is 3.32. The lowest BCUT2D eigenvalue weighted by atomic mass is 10.2. The highest BCUT2D eigenvalue weighted by molar-refractivity contribution is 5.60. The molecule has 2 heterocycles. The maximum atomic E-state index is 4.52. The van der Waals surface area contributed by atoms with Crippen molar-refractivity contribution in [2.24, 2.45) is 4.99 Å². The van der Waals surface area contributed by atoms with Gasteiger partial charge in [0.15, 0.2) is 5.82 Å². The topological polar surface area (TPSA) is 30.2 Å². The molecule has 70 valence electrons. The number of nitrogens with zero attached hydrogens (tertiary/aromatic N) is 3.